The third-order valence-electron chi connectivity index (χ3n) is 4.33. The highest BCUT2D eigenvalue weighted by Crippen LogP contribution is 2.29. The summed E-state index contributed by atoms with van der Waals surface area (Å²) in [6.07, 6.45) is 8.02. The molecule has 1 aliphatic heterocycles. The predicted molar refractivity (Wildman–Crippen MR) is 76.7 cm³/mol. The number of ether oxygens (including phenoxy) is 1. The molecule has 0 unspecified atom stereocenters. The topological polar surface area (TPSA) is 55.3 Å². The van der Waals surface area contributed by atoms with Crippen molar-refractivity contribution in [2.45, 2.75) is 44.6 Å². The number of hydrogen-bond donors (Lipinski definition) is 0. The van der Waals surface area contributed by atoms with Crippen LogP contribution in [0.1, 0.15) is 49.0 Å². The Morgan fingerprint density at radius 2 is 2.25 bits per heavy atom. The smallest absolute Gasteiger partial charge is 0.275 e. The monoisotopic (exact) mass is 295 g/mol. The van der Waals surface area contributed by atoms with Crippen LogP contribution in [0.25, 0.3) is 0 Å². The van der Waals surface area contributed by atoms with Crippen molar-refractivity contribution in [2.75, 3.05) is 19.7 Å². The van der Waals surface area contributed by atoms with Crippen LogP contribution in [0.15, 0.2) is 5.38 Å². The molecule has 2 heterocycles. The molecule has 2 aliphatic rings. The first-order chi connectivity index (χ1) is 9.83. The van der Waals surface area contributed by atoms with Gasteiger partial charge in [0, 0.05) is 18.5 Å². The van der Waals surface area contributed by atoms with Crippen molar-refractivity contribution in [3.8, 4) is 0 Å². The van der Waals surface area contributed by atoms with E-state index >= 15 is 0 Å². The average molecular weight is 295 g/mol. The molecule has 20 heavy (non-hydrogen) atoms. The Bertz CT molecular complexity index is 432. The highest BCUT2D eigenvalue weighted by Gasteiger charge is 2.28. The van der Waals surface area contributed by atoms with Crippen molar-refractivity contribution in [3.63, 3.8) is 0 Å². The molecule has 3 rings (SSSR count). The van der Waals surface area contributed by atoms with Gasteiger partial charge >= 0.3 is 0 Å². The van der Waals surface area contributed by atoms with E-state index in [1.807, 2.05) is 4.90 Å². The highest BCUT2D eigenvalue weighted by molar-refractivity contribution is 7.03. The summed E-state index contributed by atoms with van der Waals surface area (Å²) in [5.41, 5.74) is 0.466. The van der Waals surface area contributed by atoms with Gasteiger partial charge in [-0.3, -0.25) is 4.79 Å². The number of hydrogen-bond acceptors (Lipinski definition) is 5. The van der Waals surface area contributed by atoms with E-state index in [-0.39, 0.29) is 12.0 Å². The quantitative estimate of drug-likeness (QED) is 0.859. The Kier molecular flexibility index (Phi) is 4.62. The third kappa shape index (κ3) is 3.35. The molecule has 1 saturated heterocycles. The Balaban J connectivity index is 1.54. The van der Waals surface area contributed by atoms with Crippen LogP contribution in [0.2, 0.25) is 0 Å². The second kappa shape index (κ2) is 6.63. The van der Waals surface area contributed by atoms with Gasteiger partial charge in [0.15, 0.2) is 5.69 Å². The van der Waals surface area contributed by atoms with Crippen LogP contribution in [-0.4, -0.2) is 46.2 Å². The lowest BCUT2D eigenvalue weighted by atomic mass is 9.85. The third-order valence-corrected chi connectivity index (χ3v) is 4.83. The fourth-order valence-corrected chi connectivity index (χ4v) is 3.69. The second-order valence-electron chi connectivity index (χ2n) is 5.77. The number of carbonyl (C=O) groups is 1. The van der Waals surface area contributed by atoms with Crippen LogP contribution in [0, 0.1) is 5.92 Å². The van der Waals surface area contributed by atoms with Gasteiger partial charge in [0.05, 0.1) is 12.7 Å². The zero-order valence-electron chi connectivity index (χ0n) is 11.7. The molecule has 6 heteroatoms. The van der Waals surface area contributed by atoms with Crippen LogP contribution in [0.3, 0.4) is 0 Å². The molecule has 1 atom stereocenters. The SMILES string of the molecule is O=C(c1csnn1)N1CCO[C@H](CC2CCCCC2)C1. The van der Waals surface area contributed by atoms with E-state index in [9.17, 15) is 4.79 Å². The summed E-state index contributed by atoms with van der Waals surface area (Å²) in [6.45, 7) is 2.01. The summed E-state index contributed by atoms with van der Waals surface area (Å²) in [7, 11) is 0. The van der Waals surface area contributed by atoms with Gasteiger partial charge in [-0.1, -0.05) is 36.6 Å². The van der Waals surface area contributed by atoms with E-state index in [1.54, 1.807) is 5.38 Å². The fraction of sp³-hybridized carbons (Fsp3) is 0.786. The first-order valence-electron chi connectivity index (χ1n) is 7.51. The second-order valence-corrected chi connectivity index (χ2v) is 6.38. The molecule has 1 amide bonds. The fourth-order valence-electron chi connectivity index (χ4n) is 3.26. The Hall–Kier alpha value is -1.01. The Morgan fingerprint density at radius 1 is 1.40 bits per heavy atom. The minimum absolute atomic E-state index is 0.00399. The van der Waals surface area contributed by atoms with Gasteiger partial charge in [0.1, 0.15) is 0 Å². The lowest BCUT2D eigenvalue weighted by Gasteiger charge is -2.35. The van der Waals surface area contributed by atoms with E-state index in [0.717, 1.165) is 12.3 Å². The lowest BCUT2D eigenvalue weighted by molar-refractivity contribution is -0.0338. The van der Waals surface area contributed by atoms with Gasteiger partial charge in [0.2, 0.25) is 0 Å². The van der Waals surface area contributed by atoms with Crippen LogP contribution >= 0.6 is 11.5 Å². The summed E-state index contributed by atoms with van der Waals surface area (Å²) in [5, 5.41) is 5.58. The molecule has 1 aromatic heterocycles. The van der Waals surface area contributed by atoms with Gasteiger partial charge in [-0.05, 0) is 23.9 Å². The number of amides is 1. The molecular weight excluding hydrogens is 274 g/mol. The number of aromatic nitrogens is 2. The normalized spacial score (nSPS) is 24.8. The van der Waals surface area contributed by atoms with Crippen LogP contribution in [0.5, 0.6) is 0 Å². The highest BCUT2D eigenvalue weighted by atomic mass is 32.1. The predicted octanol–water partition coefficient (Wildman–Crippen LogP) is 2.35. The van der Waals surface area contributed by atoms with Gasteiger partial charge in [-0.2, -0.15) is 0 Å². The molecule has 0 N–H and O–H groups in total. The molecule has 1 aliphatic carbocycles. The van der Waals surface area contributed by atoms with Crippen molar-refractivity contribution in [3.05, 3.63) is 11.1 Å². The summed E-state index contributed by atoms with van der Waals surface area (Å²) >= 11 is 1.22. The maximum absolute atomic E-state index is 12.3. The Morgan fingerprint density at radius 3 is 3.00 bits per heavy atom. The summed E-state index contributed by atoms with van der Waals surface area (Å²) in [4.78, 5) is 14.1. The van der Waals surface area contributed by atoms with Gasteiger partial charge in [-0.25, -0.2) is 0 Å². The van der Waals surface area contributed by atoms with Crippen LogP contribution < -0.4 is 0 Å². The number of carbonyl (C=O) groups excluding carboxylic acids is 1. The number of morpholine rings is 1. The standard InChI is InChI=1S/C14H21N3O2S/c18-14(13-10-20-16-15-13)17-6-7-19-12(9-17)8-11-4-2-1-3-5-11/h10-12H,1-9H2/t12-/m1/s1. The molecule has 2 fully saturated rings. The van der Waals surface area contributed by atoms with E-state index in [2.05, 4.69) is 9.59 Å². The first kappa shape index (κ1) is 13.9. The lowest BCUT2D eigenvalue weighted by Crippen LogP contribution is -2.46. The van der Waals surface area contributed by atoms with Gasteiger partial charge in [0.25, 0.3) is 5.91 Å². The molecule has 110 valence electrons. The zero-order chi connectivity index (χ0) is 13.8. The van der Waals surface area contributed by atoms with Crippen molar-refractivity contribution in [1.82, 2.24) is 14.5 Å². The first-order valence-corrected chi connectivity index (χ1v) is 8.34. The molecule has 0 aromatic carbocycles. The maximum Gasteiger partial charge on any atom is 0.275 e. The van der Waals surface area contributed by atoms with Crippen LogP contribution in [0.4, 0.5) is 0 Å². The molecule has 5 nitrogen and oxygen atoms in total. The largest absolute Gasteiger partial charge is 0.375 e. The summed E-state index contributed by atoms with van der Waals surface area (Å²) < 4.78 is 9.61. The van der Waals surface area contributed by atoms with Gasteiger partial charge < -0.3 is 9.64 Å². The number of nitrogens with zero attached hydrogens (tertiary/aromatic N) is 3. The average Bonchev–Trinajstić information content (AvgIpc) is 3.02. The summed E-state index contributed by atoms with van der Waals surface area (Å²) in [5.74, 6) is 0.778. The zero-order valence-corrected chi connectivity index (χ0v) is 12.5. The van der Waals surface area contributed by atoms with Crippen molar-refractivity contribution < 1.29 is 9.53 Å². The maximum atomic E-state index is 12.3. The molecule has 1 aromatic rings. The summed E-state index contributed by atoms with van der Waals surface area (Å²) in [6, 6.07) is 0. The van der Waals surface area contributed by atoms with E-state index < -0.39 is 0 Å². The molecule has 0 spiro atoms. The molecule has 1 saturated carbocycles. The Labute approximate surface area is 123 Å². The van der Waals surface area contributed by atoms with E-state index in [1.165, 1.54) is 43.6 Å². The minimum Gasteiger partial charge on any atom is -0.375 e. The molecule has 0 bridgehead atoms. The molecular formula is C14H21N3O2S. The molecule has 0 radical (unpaired) electrons. The van der Waals surface area contributed by atoms with E-state index in [0.29, 0.717) is 25.4 Å². The van der Waals surface area contributed by atoms with E-state index in [4.69, 9.17) is 4.74 Å². The van der Waals surface area contributed by atoms with Crippen LogP contribution in [-0.2, 0) is 4.74 Å². The minimum atomic E-state index is -0.00399. The van der Waals surface area contributed by atoms with Crippen molar-refractivity contribution in [2.24, 2.45) is 5.92 Å². The number of rotatable bonds is 3. The van der Waals surface area contributed by atoms with Crippen molar-refractivity contribution >= 4 is 17.4 Å². The van der Waals surface area contributed by atoms with Crippen molar-refractivity contribution in [1.29, 1.82) is 0 Å². The van der Waals surface area contributed by atoms with Gasteiger partial charge in [-0.15, -0.1) is 5.10 Å².